The van der Waals surface area contributed by atoms with Gasteiger partial charge in [0.05, 0.1) is 17.9 Å². The summed E-state index contributed by atoms with van der Waals surface area (Å²) < 4.78 is 32.2. The van der Waals surface area contributed by atoms with Gasteiger partial charge < -0.3 is 15.5 Å². The van der Waals surface area contributed by atoms with Gasteiger partial charge in [0.1, 0.15) is 6.10 Å². The lowest BCUT2D eigenvalue weighted by Crippen LogP contribution is -2.50. The number of hydrogen-bond acceptors (Lipinski definition) is 5. The molecule has 0 fully saturated rings. The van der Waals surface area contributed by atoms with Crippen LogP contribution in [0.4, 0.5) is 0 Å². The first-order valence-corrected chi connectivity index (χ1v) is 17.6. The highest BCUT2D eigenvalue weighted by Gasteiger charge is 2.28. The molecule has 3 atom stereocenters. The Morgan fingerprint density at radius 1 is 0.667 bits per heavy atom. The Bertz CT molecular complexity index is 697. The average Bonchev–Trinajstić information content (AvgIpc) is 2.88. The van der Waals surface area contributed by atoms with Crippen molar-refractivity contribution in [1.82, 2.24) is 5.32 Å². The molecule has 39 heavy (non-hydrogen) atoms. The van der Waals surface area contributed by atoms with Crippen LogP contribution in [0.2, 0.25) is 0 Å². The maximum atomic E-state index is 12.5. The van der Waals surface area contributed by atoms with Crippen molar-refractivity contribution in [3.05, 3.63) is 12.2 Å². The van der Waals surface area contributed by atoms with Crippen LogP contribution >= 0.6 is 0 Å². The van der Waals surface area contributed by atoms with Crippen molar-refractivity contribution in [3.63, 3.8) is 0 Å². The van der Waals surface area contributed by atoms with Crippen LogP contribution in [0.25, 0.3) is 0 Å². The molecule has 232 valence electrons. The summed E-state index contributed by atoms with van der Waals surface area (Å²) in [5, 5.41) is 23.3. The predicted octanol–water partition coefficient (Wildman–Crippen LogP) is 7.26. The maximum Gasteiger partial charge on any atom is 0.266 e. The number of amides is 1. The van der Waals surface area contributed by atoms with Crippen LogP contribution in [0, 0.1) is 0 Å². The van der Waals surface area contributed by atoms with Crippen molar-refractivity contribution >= 4 is 16.0 Å². The van der Waals surface area contributed by atoms with E-state index in [4.69, 9.17) is 0 Å². The maximum absolute atomic E-state index is 12.5. The molecule has 0 rings (SSSR count). The molecule has 0 aromatic rings. The third kappa shape index (κ3) is 25.7. The summed E-state index contributed by atoms with van der Waals surface area (Å²) in [5.74, 6) is -1.46. The molecule has 0 bridgehead atoms. The molecule has 0 spiro atoms. The summed E-state index contributed by atoms with van der Waals surface area (Å²) in [6, 6.07) is -1.14. The molecule has 0 aromatic heterocycles. The molecule has 0 aliphatic rings. The van der Waals surface area contributed by atoms with E-state index in [9.17, 15) is 28.0 Å². The van der Waals surface area contributed by atoms with Crippen LogP contribution < -0.4 is 5.32 Å². The van der Waals surface area contributed by atoms with Gasteiger partial charge in [0.15, 0.2) is 0 Å². The monoisotopic (exact) mass is 575 g/mol. The van der Waals surface area contributed by atoms with Crippen molar-refractivity contribution in [3.8, 4) is 0 Å². The van der Waals surface area contributed by atoms with E-state index in [-0.39, 0.29) is 6.42 Å². The van der Waals surface area contributed by atoms with Gasteiger partial charge in [0.25, 0.3) is 10.1 Å². The molecule has 0 aliphatic carbocycles. The van der Waals surface area contributed by atoms with E-state index < -0.39 is 40.0 Å². The Kier molecular flexibility index (Phi) is 25.3. The summed E-state index contributed by atoms with van der Waals surface area (Å²) in [6.45, 7) is 4.42. The van der Waals surface area contributed by atoms with E-state index in [1.165, 1.54) is 64.2 Å². The van der Waals surface area contributed by atoms with E-state index in [1.54, 1.807) is 0 Å². The van der Waals surface area contributed by atoms with Crippen LogP contribution in [-0.2, 0) is 14.9 Å². The predicted molar refractivity (Wildman–Crippen MR) is 162 cm³/mol. The molecular weight excluding hydrogens is 514 g/mol. The molecule has 0 heterocycles. The molecule has 7 nitrogen and oxygen atoms in total. The standard InChI is InChI=1S/C31H61NO6S/c1-3-5-7-9-11-13-15-17-19-21-23-25-29(33)28(27-39(36,37)38)32-31(35)30(34)26-24-22-20-18-16-14-12-10-8-6-4-2/h12,14,28-30,33-34H,3-11,13,15-27H2,1-2H3,(H,32,35)(H,36,37,38)/b14-12-. The molecular formula is C31H61NO6S. The largest absolute Gasteiger partial charge is 0.391 e. The normalized spacial score (nSPS) is 14.5. The number of carbonyl (C=O) groups excluding carboxylic acids is 1. The fourth-order valence-electron chi connectivity index (χ4n) is 4.81. The van der Waals surface area contributed by atoms with Crippen LogP contribution in [0.1, 0.15) is 155 Å². The average molecular weight is 576 g/mol. The van der Waals surface area contributed by atoms with Crippen LogP contribution in [0.5, 0.6) is 0 Å². The summed E-state index contributed by atoms with van der Waals surface area (Å²) >= 11 is 0. The first kappa shape index (κ1) is 38.0. The highest BCUT2D eigenvalue weighted by atomic mass is 32.2. The SMILES string of the molecule is CCCCC/C=C\CCCCCCC(O)C(=O)NC(CS(=O)(=O)O)C(O)CCCCCCCCCCCCC. The number of rotatable bonds is 28. The van der Waals surface area contributed by atoms with Crippen molar-refractivity contribution < 1.29 is 28.0 Å². The number of hydrogen-bond donors (Lipinski definition) is 4. The first-order valence-electron chi connectivity index (χ1n) is 16.0. The molecule has 8 heteroatoms. The number of allylic oxidation sites excluding steroid dienone is 2. The Hall–Kier alpha value is -0.960. The molecule has 0 saturated carbocycles. The molecule has 0 aliphatic heterocycles. The summed E-state index contributed by atoms with van der Waals surface area (Å²) in [5.41, 5.74) is 0. The number of unbranched alkanes of at least 4 members (excludes halogenated alkanes) is 17. The minimum Gasteiger partial charge on any atom is -0.391 e. The van der Waals surface area contributed by atoms with Crippen LogP contribution in [-0.4, -0.2) is 53.1 Å². The van der Waals surface area contributed by atoms with Gasteiger partial charge in [-0.25, -0.2) is 0 Å². The summed E-state index contributed by atoms with van der Waals surface area (Å²) in [6.07, 6.45) is 25.2. The second-order valence-electron chi connectivity index (χ2n) is 11.2. The third-order valence-electron chi connectivity index (χ3n) is 7.33. The van der Waals surface area contributed by atoms with Gasteiger partial charge in [-0.15, -0.1) is 0 Å². The molecule has 4 N–H and O–H groups in total. The van der Waals surface area contributed by atoms with Crippen LogP contribution in [0.3, 0.4) is 0 Å². The van der Waals surface area contributed by atoms with Gasteiger partial charge in [0.2, 0.25) is 5.91 Å². The second-order valence-corrected chi connectivity index (χ2v) is 12.7. The lowest BCUT2D eigenvalue weighted by atomic mass is 10.0. The fourth-order valence-corrected chi connectivity index (χ4v) is 5.57. The molecule has 0 saturated heterocycles. The second kappa shape index (κ2) is 26.0. The number of aliphatic hydroxyl groups excluding tert-OH is 2. The fraction of sp³-hybridized carbons (Fsp3) is 0.903. The first-order chi connectivity index (χ1) is 18.7. The minimum absolute atomic E-state index is 0.284. The third-order valence-corrected chi connectivity index (χ3v) is 8.11. The van der Waals surface area contributed by atoms with E-state index in [0.717, 1.165) is 51.4 Å². The zero-order valence-corrected chi connectivity index (χ0v) is 25.9. The Balaban J connectivity index is 4.18. The zero-order chi connectivity index (χ0) is 29.2. The molecule has 0 radical (unpaired) electrons. The molecule has 3 unspecified atom stereocenters. The Morgan fingerprint density at radius 3 is 1.59 bits per heavy atom. The zero-order valence-electron chi connectivity index (χ0n) is 25.1. The highest BCUT2D eigenvalue weighted by Crippen LogP contribution is 2.15. The van der Waals surface area contributed by atoms with Crippen molar-refractivity contribution in [2.45, 2.75) is 173 Å². The lowest BCUT2D eigenvalue weighted by Gasteiger charge is -2.24. The van der Waals surface area contributed by atoms with Gasteiger partial charge >= 0.3 is 0 Å². The van der Waals surface area contributed by atoms with Gasteiger partial charge in [-0.3, -0.25) is 9.35 Å². The summed E-state index contributed by atoms with van der Waals surface area (Å²) in [7, 11) is -4.39. The number of nitrogens with one attached hydrogen (secondary N) is 1. The van der Waals surface area contributed by atoms with E-state index in [0.29, 0.717) is 19.3 Å². The van der Waals surface area contributed by atoms with Gasteiger partial charge in [-0.1, -0.05) is 129 Å². The van der Waals surface area contributed by atoms with Crippen molar-refractivity contribution in [1.29, 1.82) is 0 Å². The Morgan fingerprint density at radius 2 is 1.08 bits per heavy atom. The van der Waals surface area contributed by atoms with E-state index in [2.05, 4.69) is 31.3 Å². The highest BCUT2D eigenvalue weighted by molar-refractivity contribution is 7.85. The van der Waals surface area contributed by atoms with Gasteiger partial charge in [-0.05, 0) is 38.5 Å². The molecule has 0 aromatic carbocycles. The summed E-state index contributed by atoms with van der Waals surface area (Å²) in [4.78, 5) is 12.5. The van der Waals surface area contributed by atoms with E-state index >= 15 is 0 Å². The van der Waals surface area contributed by atoms with Gasteiger partial charge in [-0.2, -0.15) is 8.42 Å². The van der Waals surface area contributed by atoms with Crippen LogP contribution in [0.15, 0.2) is 12.2 Å². The quantitative estimate of drug-likeness (QED) is 0.0442. The van der Waals surface area contributed by atoms with Gasteiger partial charge in [0, 0.05) is 0 Å². The smallest absolute Gasteiger partial charge is 0.266 e. The lowest BCUT2D eigenvalue weighted by molar-refractivity contribution is -0.131. The van der Waals surface area contributed by atoms with Crippen molar-refractivity contribution in [2.24, 2.45) is 0 Å². The van der Waals surface area contributed by atoms with E-state index in [1.807, 2.05) is 0 Å². The van der Waals surface area contributed by atoms with Crippen molar-refractivity contribution in [2.75, 3.05) is 5.75 Å². The Labute approximate surface area is 240 Å². The number of aliphatic hydroxyl groups is 2. The minimum atomic E-state index is -4.39. The molecule has 1 amide bonds. The topological polar surface area (TPSA) is 124 Å². The number of carbonyl (C=O) groups is 1.